The summed E-state index contributed by atoms with van der Waals surface area (Å²) in [4.78, 5) is 11.1. The SMILES string of the molecule is CCC(C)n1cc(C=O)c(-c2ccc(F)cc2)n1. The van der Waals surface area contributed by atoms with Crippen LogP contribution in [0.15, 0.2) is 30.5 Å². The first-order valence-electron chi connectivity index (χ1n) is 5.96. The molecule has 3 nitrogen and oxygen atoms in total. The van der Waals surface area contributed by atoms with Crippen molar-refractivity contribution in [3.05, 3.63) is 41.8 Å². The highest BCUT2D eigenvalue weighted by molar-refractivity contribution is 5.85. The molecule has 0 bridgehead atoms. The van der Waals surface area contributed by atoms with E-state index in [9.17, 15) is 9.18 Å². The number of rotatable bonds is 4. The van der Waals surface area contributed by atoms with Crippen LogP contribution in [-0.2, 0) is 0 Å². The number of carbonyl (C=O) groups excluding carboxylic acids is 1. The van der Waals surface area contributed by atoms with Gasteiger partial charge in [-0.25, -0.2) is 4.39 Å². The van der Waals surface area contributed by atoms with Crippen molar-refractivity contribution in [1.29, 1.82) is 0 Å². The van der Waals surface area contributed by atoms with Crippen LogP contribution in [0.4, 0.5) is 4.39 Å². The summed E-state index contributed by atoms with van der Waals surface area (Å²) in [6.45, 7) is 4.10. The molecule has 94 valence electrons. The molecule has 0 aliphatic rings. The third-order valence-electron chi connectivity index (χ3n) is 3.05. The maximum absolute atomic E-state index is 12.9. The second-order valence-electron chi connectivity index (χ2n) is 4.30. The highest BCUT2D eigenvalue weighted by Gasteiger charge is 2.13. The highest BCUT2D eigenvalue weighted by Crippen LogP contribution is 2.23. The summed E-state index contributed by atoms with van der Waals surface area (Å²) >= 11 is 0. The molecule has 0 amide bonds. The molecule has 2 rings (SSSR count). The van der Waals surface area contributed by atoms with E-state index < -0.39 is 0 Å². The first-order chi connectivity index (χ1) is 8.65. The molecule has 1 heterocycles. The standard InChI is InChI=1S/C14H15FN2O/c1-3-10(2)17-8-12(9-18)14(16-17)11-4-6-13(15)7-5-11/h4-10H,3H2,1-2H3. The van der Waals surface area contributed by atoms with Gasteiger partial charge in [0.2, 0.25) is 0 Å². The summed E-state index contributed by atoms with van der Waals surface area (Å²) < 4.78 is 14.7. The van der Waals surface area contributed by atoms with Crippen LogP contribution in [0.1, 0.15) is 36.7 Å². The lowest BCUT2D eigenvalue weighted by molar-refractivity contribution is 0.112. The van der Waals surface area contributed by atoms with Gasteiger partial charge < -0.3 is 0 Å². The molecule has 0 spiro atoms. The maximum atomic E-state index is 12.9. The van der Waals surface area contributed by atoms with Crippen LogP contribution in [-0.4, -0.2) is 16.1 Å². The minimum Gasteiger partial charge on any atom is -0.298 e. The zero-order valence-electron chi connectivity index (χ0n) is 10.4. The zero-order valence-corrected chi connectivity index (χ0v) is 10.4. The lowest BCUT2D eigenvalue weighted by Gasteiger charge is -2.07. The first kappa shape index (κ1) is 12.5. The molecule has 1 atom stereocenters. The van der Waals surface area contributed by atoms with Crippen LogP contribution < -0.4 is 0 Å². The Morgan fingerprint density at radius 3 is 2.61 bits per heavy atom. The normalized spacial score (nSPS) is 12.4. The Bertz CT molecular complexity index is 545. The van der Waals surface area contributed by atoms with Crippen molar-refractivity contribution in [2.75, 3.05) is 0 Å². The summed E-state index contributed by atoms with van der Waals surface area (Å²) in [5.41, 5.74) is 1.88. The first-order valence-corrected chi connectivity index (χ1v) is 5.96. The van der Waals surface area contributed by atoms with Crippen molar-refractivity contribution < 1.29 is 9.18 Å². The number of halogens is 1. The van der Waals surface area contributed by atoms with Crippen LogP contribution in [0.2, 0.25) is 0 Å². The van der Waals surface area contributed by atoms with Gasteiger partial charge in [0.15, 0.2) is 6.29 Å². The van der Waals surface area contributed by atoms with Crippen molar-refractivity contribution >= 4 is 6.29 Å². The van der Waals surface area contributed by atoms with Gasteiger partial charge in [-0.05, 0) is 37.6 Å². The van der Waals surface area contributed by atoms with Crippen molar-refractivity contribution in [3.63, 3.8) is 0 Å². The topological polar surface area (TPSA) is 34.9 Å². The van der Waals surface area contributed by atoms with E-state index in [1.54, 1.807) is 23.0 Å². The molecule has 0 fully saturated rings. The van der Waals surface area contributed by atoms with Gasteiger partial charge in [0.05, 0.1) is 5.56 Å². The Balaban J connectivity index is 2.46. The molecule has 1 aromatic carbocycles. The van der Waals surface area contributed by atoms with E-state index in [0.717, 1.165) is 18.3 Å². The fraction of sp³-hybridized carbons (Fsp3) is 0.286. The van der Waals surface area contributed by atoms with Crippen molar-refractivity contribution in [1.82, 2.24) is 9.78 Å². The molecule has 0 aliphatic heterocycles. The highest BCUT2D eigenvalue weighted by atomic mass is 19.1. The summed E-state index contributed by atoms with van der Waals surface area (Å²) in [5, 5.41) is 4.41. The van der Waals surface area contributed by atoms with E-state index in [-0.39, 0.29) is 11.9 Å². The maximum Gasteiger partial charge on any atom is 0.153 e. The van der Waals surface area contributed by atoms with Gasteiger partial charge in [0.25, 0.3) is 0 Å². The molecule has 1 aromatic heterocycles. The van der Waals surface area contributed by atoms with E-state index in [1.807, 2.05) is 6.92 Å². The third kappa shape index (κ3) is 2.32. The summed E-state index contributed by atoms with van der Waals surface area (Å²) in [6, 6.07) is 6.23. The molecule has 18 heavy (non-hydrogen) atoms. The molecular formula is C14H15FN2O. The number of nitrogens with zero attached hydrogens (tertiary/aromatic N) is 2. The zero-order chi connectivity index (χ0) is 13.1. The predicted octanol–water partition coefficient (Wildman–Crippen LogP) is 3.47. The van der Waals surface area contributed by atoms with Crippen molar-refractivity contribution in [3.8, 4) is 11.3 Å². The average Bonchev–Trinajstić information content (AvgIpc) is 2.83. The lowest BCUT2D eigenvalue weighted by atomic mass is 10.1. The Labute approximate surface area is 105 Å². The van der Waals surface area contributed by atoms with Crippen LogP contribution >= 0.6 is 0 Å². The molecular weight excluding hydrogens is 231 g/mol. The van der Waals surface area contributed by atoms with E-state index >= 15 is 0 Å². The van der Waals surface area contributed by atoms with Gasteiger partial charge in [-0.15, -0.1) is 0 Å². The minimum absolute atomic E-state index is 0.234. The summed E-state index contributed by atoms with van der Waals surface area (Å²) in [5.74, 6) is -0.298. The van der Waals surface area contributed by atoms with Crippen molar-refractivity contribution in [2.45, 2.75) is 26.3 Å². The Morgan fingerprint density at radius 1 is 1.39 bits per heavy atom. The molecule has 0 saturated heterocycles. The largest absolute Gasteiger partial charge is 0.298 e. The molecule has 2 aromatic rings. The van der Waals surface area contributed by atoms with E-state index in [1.165, 1.54) is 12.1 Å². The third-order valence-corrected chi connectivity index (χ3v) is 3.05. The Hall–Kier alpha value is -1.97. The van der Waals surface area contributed by atoms with Crippen LogP contribution in [0.25, 0.3) is 11.3 Å². The fourth-order valence-electron chi connectivity index (χ4n) is 1.74. The predicted molar refractivity (Wildman–Crippen MR) is 68.0 cm³/mol. The smallest absolute Gasteiger partial charge is 0.153 e. The molecule has 4 heteroatoms. The van der Waals surface area contributed by atoms with Gasteiger partial charge in [0.1, 0.15) is 11.5 Å². The van der Waals surface area contributed by atoms with E-state index in [0.29, 0.717) is 11.3 Å². The van der Waals surface area contributed by atoms with Crippen LogP contribution in [0.3, 0.4) is 0 Å². The van der Waals surface area contributed by atoms with Crippen molar-refractivity contribution in [2.24, 2.45) is 0 Å². The molecule has 1 unspecified atom stereocenters. The number of hydrogen-bond donors (Lipinski definition) is 0. The number of benzene rings is 1. The molecule has 0 aliphatic carbocycles. The van der Waals surface area contributed by atoms with Crippen LogP contribution in [0, 0.1) is 5.82 Å². The summed E-state index contributed by atoms with van der Waals surface area (Å²) in [7, 11) is 0. The molecule has 0 radical (unpaired) electrons. The number of aldehydes is 1. The fourth-order valence-corrected chi connectivity index (χ4v) is 1.74. The summed E-state index contributed by atoms with van der Waals surface area (Å²) in [6.07, 6.45) is 3.45. The van der Waals surface area contributed by atoms with Crippen LogP contribution in [0.5, 0.6) is 0 Å². The van der Waals surface area contributed by atoms with Gasteiger partial charge >= 0.3 is 0 Å². The molecule has 0 saturated carbocycles. The Morgan fingerprint density at radius 2 is 2.06 bits per heavy atom. The second-order valence-corrected chi connectivity index (χ2v) is 4.30. The van der Waals surface area contributed by atoms with E-state index in [2.05, 4.69) is 12.0 Å². The van der Waals surface area contributed by atoms with Gasteiger partial charge in [0, 0.05) is 17.8 Å². The average molecular weight is 246 g/mol. The lowest BCUT2D eigenvalue weighted by Crippen LogP contribution is -2.04. The number of aromatic nitrogens is 2. The quantitative estimate of drug-likeness (QED) is 0.774. The molecule has 0 N–H and O–H groups in total. The van der Waals surface area contributed by atoms with Gasteiger partial charge in [-0.2, -0.15) is 5.10 Å². The van der Waals surface area contributed by atoms with E-state index in [4.69, 9.17) is 0 Å². The monoisotopic (exact) mass is 246 g/mol. The van der Waals surface area contributed by atoms with Gasteiger partial charge in [-0.1, -0.05) is 6.92 Å². The minimum atomic E-state index is -0.298. The Kier molecular flexibility index (Phi) is 3.55. The second kappa shape index (κ2) is 5.12. The number of hydrogen-bond acceptors (Lipinski definition) is 2. The number of carbonyl (C=O) groups is 1. The van der Waals surface area contributed by atoms with Gasteiger partial charge in [-0.3, -0.25) is 9.48 Å².